The molecule has 0 fully saturated rings. The van der Waals surface area contributed by atoms with Crippen LogP contribution in [-0.2, 0) is 4.84 Å². The van der Waals surface area contributed by atoms with Gasteiger partial charge in [-0.3, -0.25) is 4.79 Å². The standard InChI is InChI=1S/C10H5ClF4N2O2/c11-9(18)6-2-1-5(3-7(6)12)17-4-8(19-16-17)10(13,14)15/h1-4,16H. The van der Waals surface area contributed by atoms with Crippen molar-refractivity contribution in [3.63, 3.8) is 0 Å². The third kappa shape index (κ3) is 2.79. The number of carbonyl (C=O) groups is 1. The van der Waals surface area contributed by atoms with Crippen LogP contribution >= 0.6 is 11.6 Å². The highest BCUT2D eigenvalue weighted by atomic mass is 35.5. The Hall–Kier alpha value is -1.80. The molecule has 19 heavy (non-hydrogen) atoms. The van der Waals surface area contributed by atoms with Gasteiger partial charge in [0.2, 0.25) is 5.76 Å². The van der Waals surface area contributed by atoms with E-state index in [1.54, 1.807) is 0 Å². The minimum absolute atomic E-state index is 0.0124. The van der Waals surface area contributed by atoms with E-state index in [9.17, 15) is 22.4 Å². The second-order valence-electron chi connectivity index (χ2n) is 3.49. The van der Waals surface area contributed by atoms with E-state index < -0.39 is 23.0 Å². The van der Waals surface area contributed by atoms with Gasteiger partial charge < -0.3 is 4.84 Å². The van der Waals surface area contributed by atoms with Gasteiger partial charge in [0.05, 0.1) is 17.5 Å². The molecule has 1 N–H and O–H groups in total. The smallest absolute Gasteiger partial charge is 0.382 e. The van der Waals surface area contributed by atoms with Gasteiger partial charge in [-0.05, 0) is 29.8 Å². The van der Waals surface area contributed by atoms with E-state index in [1.165, 1.54) is 6.07 Å². The van der Waals surface area contributed by atoms with E-state index in [4.69, 9.17) is 11.6 Å². The predicted octanol–water partition coefficient (Wildman–Crippen LogP) is 2.86. The van der Waals surface area contributed by atoms with Crippen molar-refractivity contribution < 1.29 is 27.2 Å². The lowest BCUT2D eigenvalue weighted by atomic mass is 10.2. The Bertz CT molecular complexity index is 559. The zero-order chi connectivity index (χ0) is 14.2. The van der Waals surface area contributed by atoms with Crippen LogP contribution in [-0.4, -0.2) is 11.4 Å². The number of carbonyl (C=O) groups excluding carboxylic acids is 1. The second kappa shape index (κ2) is 4.71. The highest BCUT2D eigenvalue weighted by Gasteiger charge is 2.40. The second-order valence-corrected chi connectivity index (χ2v) is 3.84. The van der Waals surface area contributed by atoms with E-state index in [2.05, 4.69) is 4.84 Å². The molecule has 1 aliphatic rings. The van der Waals surface area contributed by atoms with Crippen LogP contribution in [0.25, 0.3) is 0 Å². The first-order valence-electron chi connectivity index (χ1n) is 4.79. The number of anilines is 1. The van der Waals surface area contributed by atoms with Gasteiger partial charge in [-0.2, -0.15) is 13.2 Å². The lowest BCUT2D eigenvalue weighted by Crippen LogP contribution is -2.27. The number of nitrogens with one attached hydrogen (secondary N) is 1. The molecule has 1 aromatic rings. The van der Waals surface area contributed by atoms with E-state index in [0.717, 1.165) is 17.1 Å². The Kier molecular flexibility index (Phi) is 3.38. The monoisotopic (exact) mass is 296 g/mol. The van der Waals surface area contributed by atoms with Crippen molar-refractivity contribution in [1.29, 1.82) is 0 Å². The third-order valence-corrected chi connectivity index (χ3v) is 2.43. The van der Waals surface area contributed by atoms with Crippen LogP contribution in [0.5, 0.6) is 0 Å². The molecule has 0 saturated carbocycles. The number of rotatable bonds is 2. The van der Waals surface area contributed by atoms with Crippen molar-refractivity contribution in [1.82, 2.24) is 5.59 Å². The molecule has 0 unspecified atom stereocenters. The molecule has 1 aliphatic heterocycles. The summed E-state index contributed by atoms with van der Waals surface area (Å²) in [6.07, 6.45) is -4.05. The molecule has 102 valence electrons. The first-order valence-corrected chi connectivity index (χ1v) is 5.17. The molecule has 0 radical (unpaired) electrons. The quantitative estimate of drug-likeness (QED) is 0.673. The highest BCUT2D eigenvalue weighted by molar-refractivity contribution is 6.67. The van der Waals surface area contributed by atoms with Crippen molar-refractivity contribution in [2.45, 2.75) is 6.18 Å². The zero-order valence-corrected chi connectivity index (χ0v) is 9.72. The summed E-state index contributed by atoms with van der Waals surface area (Å²) in [5, 5.41) is -0.185. The summed E-state index contributed by atoms with van der Waals surface area (Å²) in [7, 11) is 0. The fourth-order valence-corrected chi connectivity index (χ4v) is 1.49. The number of nitrogens with zero attached hydrogens (tertiary/aromatic N) is 1. The summed E-state index contributed by atoms with van der Waals surface area (Å²) >= 11 is 5.11. The van der Waals surface area contributed by atoms with Gasteiger partial charge in [0.1, 0.15) is 5.82 Å². The number of alkyl halides is 3. The minimum atomic E-state index is -4.66. The first-order chi connectivity index (χ1) is 8.79. The molecular weight excluding hydrogens is 292 g/mol. The predicted molar refractivity (Wildman–Crippen MR) is 57.4 cm³/mol. The van der Waals surface area contributed by atoms with E-state index in [-0.39, 0.29) is 11.3 Å². The van der Waals surface area contributed by atoms with E-state index in [1.807, 2.05) is 5.59 Å². The lowest BCUT2D eigenvalue weighted by Gasteiger charge is -2.14. The summed E-state index contributed by atoms with van der Waals surface area (Å²) in [6.45, 7) is 0. The van der Waals surface area contributed by atoms with Crippen molar-refractivity contribution >= 4 is 22.5 Å². The van der Waals surface area contributed by atoms with Gasteiger partial charge in [0.15, 0.2) is 0 Å². The molecule has 0 aromatic heterocycles. The number of hydrogen-bond donors (Lipinski definition) is 1. The van der Waals surface area contributed by atoms with Gasteiger partial charge in [-0.25, -0.2) is 9.40 Å². The molecule has 0 saturated heterocycles. The van der Waals surface area contributed by atoms with Crippen LogP contribution in [0.3, 0.4) is 0 Å². The van der Waals surface area contributed by atoms with E-state index in [0.29, 0.717) is 6.20 Å². The van der Waals surface area contributed by atoms with Crippen LogP contribution < -0.4 is 10.6 Å². The Labute approximate surface area is 109 Å². The first kappa shape index (κ1) is 13.6. The Morgan fingerprint density at radius 3 is 2.53 bits per heavy atom. The lowest BCUT2D eigenvalue weighted by molar-refractivity contribution is -0.136. The van der Waals surface area contributed by atoms with Crippen LogP contribution in [0.15, 0.2) is 30.2 Å². The van der Waals surface area contributed by atoms with Crippen molar-refractivity contribution in [3.05, 3.63) is 41.5 Å². The zero-order valence-electron chi connectivity index (χ0n) is 8.96. The number of hydrogen-bond acceptors (Lipinski definition) is 4. The fourth-order valence-electron chi connectivity index (χ4n) is 1.34. The SMILES string of the molecule is O=C(Cl)c1ccc(N2C=C(C(F)(F)F)ON2)cc1F. The Morgan fingerprint density at radius 1 is 1.37 bits per heavy atom. The van der Waals surface area contributed by atoms with Gasteiger partial charge in [0, 0.05) is 0 Å². The number of hydrazine groups is 1. The summed E-state index contributed by atoms with van der Waals surface area (Å²) in [5.74, 6) is -2.22. The average Bonchev–Trinajstić information content (AvgIpc) is 2.76. The molecule has 1 heterocycles. The molecule has 4 nitrogen and oxygen atoms in total. The minimum Gasteiger partial charge on any atom is -0.382 e. The molecule has 0 aliphatic carbocycles. The van der Waals surface area contributed by atoms with Crippen LogP contribution in [0.2, 0.25) is 0 Å². The van der Waals surface area contributed by atoms with Crippen LogP contribution in [0, 0.1) is 5.82 Å². The largest absolute Gasteiger partial charge is 0.453 e. The van der Waals surface area contributed by atoms with Gasteiger partial charge in [0.25, 0.3) is 5.24 Å². The average molecular weight is 297 g/mol. The van der Waals surface area contributed by atoms with Gasteiger partial charge >= 0.3 is 6.18 Å². The van der Waals surface area contributed by atoms with Crippen molar-refractivity contribution in [2.75, 3.05) is 5.01 Å². The Balaban J connectivity index is 2.28. The maximum absolute atomic E-state index is 13.4. The molecule has 2 rings (SSSR count). The maximum Gasteiger partial charge on any atom is 0.453 e. The third-order valence-electron chi connectivity index (χ3n) is 2.22. The highest BCUT2D eigenvalue weighted by Crippen LogP contribution is 2.30. The van der Waals surface area contributed by atoms with Gasteiger partial charge in [-0.15, -0.1) is 0 Å². The molecule has 0 amide bonds. The topological polar surface area (TPSA) is 41.6 Å². The normalized spacial score (nSPS) is 15.2. The van der Waals surface area contributed by atoms with Gasteiger partial charge in [-0.1, -0.05) is 5.59 Å². The molecule has 0 spiro atoms. The van der Waals surface area contributed by atoms with E-state index >= 15 is 0 Å². The molecular formula is C10H5ClF4N2O2. The summed E-state index contributed by atoms with van der Waals surface area (Å²) in [4.78, 5) is 15.0. The fraction of sp³-hybridized carbons (Fsp3) is 0.100. The van der Waals surface area contributed by atoms with Crippen molar-refractivity contribution in [2.24, 2.45) is 0 Å². The Morgan fingerprint density at radius 2 is 2.05 bits per heavy atom. The molecule has 9 heteroatoms. The van der Waals surface area contributed by atoms with Crippen LogP contribution in [0.4, 0.5) is 23.2 Å². The number of benzene rings is 1. The van der Waals surface area contributed by atoms with Crippen molar-refractivity contribution in [3.8, 4) is 0 Å². The number of allylic oxidation sites excluding steroid dienone is 1. The van der Waals surface area contributed by atoms with Crippen LogP contribution in [0.1, 0.15) is 10.4 Å². The summed E-state index contributed by atoms with van der Waals surface area (Å²) in [5.41, 5.74) is 1.58. The molecule has 0 atom stereocenters. The number of halogens is 5. The molecule has 1 aromatic carbocycles. The summed E-state index contributed by atoms with van der Waals surface area (Å²) in [6, 6.07) is 3.12. The summed E-state index contributed by atoms with van der Waals surface area (Å²) < 4.78 is 50.4. The maximum atomic E-state index is 13.4. The molecule has 0 bridgehead atoms.